The van der Waals surface area contributed by atoms with Crippen LogP contribution in [0.3, 0.4) is 0 Å². The Morgan fingerprint density at radius 1 is 1.04 bits per heavy atom. The van der Waals surface area contributed by atoms with Crippen LogP contribution in [0.4, 0.5) is 5.69 Å². The van der Waals surface area contributed by atoms with E-state index < -0.39 is 17.8 Å². The first kappa shape index (κ1) is 20.1. The van der Waals surface area contributed by atoms with Crippen molar-refractivity contribution in [1.82, 2.24) is 9.88 Å². The zero-order valence-corrected chi connectivity index (χ0v) is 15.5. The second kappa shape index (κ2) is 10.1. The maximum absolute atomic E-state index is 12.4. The third-order valence-corrected chi connectivity index (χ3v) is 3.94. The van der Waals surface area contributed by atoms with E-state index in [1.807, 2.05) is 19.1 Å². The van der Waals surface area contributed by atoms with Crippen LogP contribution in [0.5, 0.6) is 0 Å². The molecule has 0 aliphatic heterocycles. The lowest BCUT2D eigenvalue weighted by atomic mass is 10.2. The number of carbonyl (C=O) groups excluding carboxylic acids is 3. The van der Waals surface area contributed by atoms with Crippen LogP contribution < -0.4 is 5.32 Å². The van der Waals surface area contributed by atoms with Crippen LogP contribution in [-0.2, 0) is 20.7 Å². The molecular weight excluding hydrogens is 346 g/mol. The molecule has 1 aromatic heterocycles. The molecule has 27 heavy (non-hydrogen) atoms. The van der Waals surface area contributed by atoms with Crippen molar-refractivity contribution >= 4 is 23.5 Å². The predicted octanol–water partition coefficient (Wildman–Crippen LogP) is 2.29. The number of ether oxygens (including phenoxy) is 1. The van der Waals surface area contributed by atoms with E-state index in [1.165, 1.54) is 4.90 Å². The first-order valence-electron chi connectivity index (χ1n) is 8.81. The predicted molar refractivity (Wildman–Crippen MR) is 101 cm³/mol. The van der Waals surface area contributed by atoms with Crippen molar-refractivity contribution in [3.05, 3.63) is 59.9 Å². The van der Waals surface area contributed by atoms with Gasteiger partial charge in [0.05, 0.1) is 12.2 Å². The highest BCUT2D eigenvalue weighted by molar-refractivity contribution is 6.39. The molecule has 1 aromatic carbocycles. The van der Waals surface area contributed by atoms with Gasteiger partial charge in [0.15, 0.2) is 0 Å². The van der Waals surface area contributed by atoms with Crippen molar-refractivity contribution in [2.45, 2.75) is 20.3 Å². The quantitative estimate of drug-likeness (QED) is 0.597. The van der Waals surface area contributed by atoms with Crippen LogP contribution >= 0.6 is 0 Å². The Bertz CT molecular complexity index is 776. The highest BCUT2D eigenvalue weighted by Gasteiger charge is 2.20. The summed E-state index contributed by atoms with van der Waals surface area (Å²) in [6.45, 7) is 4.71. The number of aromatic nitrogens is 1. The summed E-state index contributed by atoms with van der Waals surface area (Å²) in [5.41, 5.74) is 1.87. The number of rotatable bonds is 7. The maximum atomic E-state index is 12.4. The molecule has 0 saturated carbocycles. The number of benzene rings is 1. The smallest absolute Gasteiger partial charge is 0.338 e. The van der Waals surface area contributed by atoms with E-state index in [-0.39, 0.29) is 6.61 Å². The molecule has 0 atom stereocenters. The fraction of sp³-hybridized carbons (Fsp3) is 0.300. The number of pyridine rings is 1. The van der Waals surface area contributed by atoms with Crippen LogP contribution in [0.1, 0.15) is 29.8 Å². The molecule has 7 heteroatoms. The van der Waals surface area contributed by atoms with Crippen LogP contribution in [0.25, 0.3) is 0 Å². The summed E-state index contributed by atoms with van der Waals surface area (Å²) >= 11 is 0. The number of nitrogens with one attached hydrogen (secondary N) is 1. The minimum absolute atomic E-state index is 0.290. The summed E-state index contributed by atoms with van der Waals surface area (Å²) in [7, 11) is 0. The lowest BCUT2D eigenvalue weighted by molar-refractivity contribution is -0.143. The van der Waals surface area contributed by atoms with Gasteiger partial charge in [0.25, 0.3) is 0 Å². The SMILES string of the molecule is CCOC(=O)c1ccc(NC(=O)C(=O)N(CC)CCc2ccncc2)cc1. The van der Waals surface area contributed by atoms with E-state index in [2.05, 4.69) is 10.3 Å². The van der Waals surface area contributed by atoms with Gasteiger partial charge in [0.1, 0.15) is 0 Å². The fourth-order valence-corrected chi connectivity index (χ4v) is 2.45. The van der Waals surface area contributed by atoms with Gasteiger partial charge < -0.3 is 15.0 Å². The number of esters is 1. The third-order valence-electron chi connectivity index (χ3n) is 3.94. The van der Waals surface area contributed by atoms with Crippen LogP contribution in [-0.4, -0.2) is 47.4 Å². The first-order chi connectivity index (χ1) is 13.0. The molecular formula is C20H23N3O4. The van der Waals surface area contributed by atoms with Crippen molar-refractivity contribution in [2.75, 3.05) is 25.0 Å². The molecule has 7 nitrogen and oxygen atoms in total. The zero-order valence-electron chi connectivity index (χ0n) is 15.5. The second-order valence-electron chi connectivity index (χ2n) is 5.74. The van der Waals surface area contributed by atoms with Crippen molar-refractivity contribution in [3.8, 4) is 0 Å². The summed E-state index contributed by atoms with van der Waals surface area (Å²) < 4.78 is 4.91. The summed E-state index contributed by atoms with van der Waals surface area (Å²) in [4.78, 5) is 41.7. The van der Waals surface area contributed by atoms with E-state index in [1.54, 1.807) is 43.6 Å². The Kier molecular flexibility index (Phi) is 7.49. The van der Waals surface area contributed by atoms with Gasteiger partial charge in [-0.2, -0.15) is 0 Å². The van der Waals surface area contributed by atoms with Gasteiger partial charge in [-0.15, -0.1) is 0 Å². The number of likely N-dealkylation sites (N-methyl/N-ethyl adjacent to an activating group) is 1. The Balaban J connectivity index is 1.92. The number of amides is 2. The molecule has 0 radical (unpaired) electrons. The summed E-state index contributed by atoms with van der Waals surface area (Å²) in [5.74, 6) is -1.74. The third kappa shape index (κ3) is 5.91. The van der Waals surface area contributed by atoms with Crippen molar-refractivity contribution in [2.24, 2.45) is 0 Å². The molecule has 0 spiro atoms. The Morgan fingerprint density at radius 3 is 2.30 bits per heavy atom. The van der Waals surface area contributed by atoms with Gasteiger partial charge in [-0.05, 0) is 62.2 Å². The van der Waals surface area contributed by atoms with Gasteiger partial charge in [-0.3, -0.25) is 14.6 Å². The highest BCUT2D eigenvalue weighted by Crippen LogP contribution is 2.11. The monoisotopic (exact) mass is 369 g/mol. The highest BCUT2D eigenvalue weighted by atomic mass is 16.5. The van der Waals surface area contributed by atoms with Crippen LogP contribution in [0, 0.1) is 0 Å². The Labute approximate surface area is 158 Å². The van der Waals surface area contributed by atoms with E-state index in [0.717, 1.165) is 5.56 Å². The summed E-state index contributed by atoms with van der Waals surface area (Å²) in [6.07, 6.45) is 4.03. The maximum Gasteiger partial charge on any atom is 0.338 e. The lowest BCUT2D eigenvalue weighted by Gasteiger charge is -2.20. The number of carbonyl (C=O) groups is 3. The van der Waals surface area contributed by atoms with Crippen molar-refractivity contribution in [1.29, 1.82) is 0 Å². The molecule has 1 N–H and O–H groups in total. The molecule has 0 bridgehead atoms. The number of hydrogen-bond acceptors (Lipinski definition) is 5. The molecule has 0 fully saturated rings. The Morgan fingerprint density at radius 2 is 1.70 bits per heavy atom. The molecule has 2 aromatic rings. The molecule has 0 unspecified atom stereocenters. The molecule has 1 heterocycles. The van der Waals surface area contributed by atoms with Gasteiger partial charge in [-0.25, -0.2) is 4.79 Å². The molecule has 0 aliphatic rings. The minimum atomic E-state index is -0.713. The van der Waals surface area contributed by atoms with E-state index in [0.29, 0.717) is 30.8 Å². The van der Waals surface area contributed by atoms with Gasteiger partial charge in [-0.1, -0.05) is 0 Å². The standard InChI is InChI=1S/C20H23N3O4/c1-3-23(14-11-15-9-12-21-13-10-15)19(25)18(24)22-17-7-5-16(6-8-17)20(26)27-4-2/h5-10,12-13H,3-4,11,14H2,1-2H3,(H,22,24). The van der Waals surface area contributed by atoms with E-state index in [4.69, 9.17) is 4.74 Å². The summed E-state index contributed by atoms with van der Waals surface area (Å²) in [6, 6.07) is 9.96. The Hall–Kier alpha value is -3.22. The average molecular weight is 369 g/mol. The second-order valence-corrected chi connectivity index (χ2v) is 5.74. The van der Waals surface area contributed by atoms with E-state index >= 15 is 0 Å². The first-order valence-corrected chi connectivity index (χ1v) is 8.81. The number of nitrogens with zero attached hydrogens (tertiary/aromatic N) is 2. The van der Waals surface area contributed by atoms with Gasteiger partial charge in [0.2, 0.25) is 0 Å². The average Bonchev–Trinajstić information content (AvgIpc) is 2.69. The van der Waals surface area contributed by atoms with Crippen molar-refractivity contribution < 1.29 is 19.1 Å². The van der Waals surface area contributed by atoms with Crippen LogP contribution in [0.2, 0.25) is 0 Å². The molecule has 2 amide bonds. The minimum Gasteiger partial charge on any atom is -0.462 e. The number of hydrogen-bond donors (Lipinski definition) is 1. The van der Waals surface area contributed by atoms with Crippen LogP contribution in [0.15, 0.2) is 48.8 Å². The topological polar surface area (TPSA) is 88.6 Å². The van der Waals surface area contributed by atoms with Gasteiger partial charge >= 0.3 is 17.8 Å². The normalized spacial score (nSPS) is 10.1. The summed E-state index contributed by atoms with van der Waals surface area (Å²) in [5, 5.41) is 2.56. The van der Waals surface area contributed by atoms with E-state index in [9.17, 15) is 14.4 Å². The zero-order chi connectivity index (χ0) is 19.6. The lowest BCUT2D eigenvalue weighted by Crippen LogP contribution is -2.40. The van der Waals surface area contributed by atoms with Crippen molar-refractivity contribution in [3.63, 3.8) is 0 Å². The fourth-order valence-electron chi connectivity index (χ4n) is 2.45. The molecule has 142 valence electrons. The molecule has 2 rings (SSSR count). The van der Waals surface area contributed by atoms with Gasteiger partial charge in [0, 0.05) is 31.2 Å². The number of anilines is 1. The molecule has 0 saturated heterocycles. The largest absolute Gasteiger partial charge is 0.462 e. The molecule has 0 aliphatic carbocycles.